The molecule has 6 nitrogen and oxygen atoms in total. The molecule has 0 aliphatic rings. The minimum absolute atomic E-state index is 0.00685. The summed E-state index contributed by atoms with van der Waals surface area (Å²) in [7, 11) is 0. The Morgan fingerprint density at radius 2 is 1.10 bits per heavy atom. The summed E-state index contributed by atoms with van der Waals surface area (Å²) in [5, 5.41) is 7.01. The van der Waals surface area contributed by atoms with E-state index in [9.17, 15) is 0 Å². The van der Waals surface area contributed by atoms with E-state index in [2.05, 4.69) is 20.1 Å². The minimum Gasteiger partial charge on any atom is -0.0622 e. The van der Waals surface area contributed by atoms with Gasteiger partial charge in [-0.1, -0.05) is 70.9 Å². The zero-order chi connectivity index (χ0) is 14.2. The van der Waals surface area contributed by atoms with Gasteiger partial charge in [0.15, 0.2) is 0 Å². The van der Waals surface area contributed by atoms with Crippen molar-refractivity contribution in [3.05, 3.63) is 98.5 Å². The molecule has 0 saturated heterocycles. The predicted molar refractivity (Wildman–Crippen MR) is 77.2 cm³/mol. The first-order chi connectivity index (χ1) is 9.86. The van der Waals surface area contributed by atoms with Crippen LogP contribution in [0, 0.1) is 0 Å². The normalized spacial score (nSPS) is 9.00. The highest BCUT2D eigenvalue weighted by Gasteiger charge is 2.09. The van der Waals surface area contributed by atoms with E-state index in [1.807, 2.05) is 60.7 Å². The van der Waals surface area contributed by atoms with Crippen LogP contribution < -0.4 is 0 Å². The largest absolute Gasteiger partial charge is 0.109 e. The third-order valence-electron chi connectivity index (χ3n) is 2.63. The van der Waals surface area contributed by atoms with Crippen molar-refractivity contribution < 1.29 is 0 Å². The van der Waals surface area contributed by atoms with Gasteiger partial charge in [-0.3, -0.25) is 0 Å². The summed E-state index contributed by atoms with van der Waals surface area (Å²) < 4.78 is 0. The molecule has 96 valence electrons. The molecular weight excluding hydrogens is 252 g/mol. The van der Waals surface area contributed by atoms with Crippen LogP contribution in [0.15, 0.2) is 76.7 Å². The quantitative estimate of drug-likeness (QED) is 0.419. The molecule has 0 aliphatic heterocycles. The van der Waals surface area contributed by atoms with Crippen LogP contribution in [0.3, 0.4) is 0 Å². The standard InChI is InChI=1S/C14H10N6/c15-19-17-14(18-20-16)13(11-7-3-1-4-8-11)12-9-5-2-6-10-12/h1-10H. The lowest BCUT2D eigenvalue weighted by atomic mass is 9.98. The Hall–Kier alpha value is -3.20. The van der Waals surface area contributed by atoms with E-state index in [0.29, 0.717) is 5.57 Å². The molecule has 20 heavy (non-hydrogen) atoms. The Balaban J connectivity index is 2.76. The lowest BCUT2D eigenvalue weighted by Crippen LogP contribution is -1.91. The summed E-state index contributed by atoms with van der Waals surface area (Å²) in [5.74, 6) is 0.00685. The first-order valence-electron chi connectivity index (χ1n) is 5.82. The fourth-order valence-corrected chi connectivity index (χ4v) is 1.84. The fourth-order valence-electron chi connectivity index (χ4n) is 1.84. The average Bonchev–Trinajstić information content (AvgIpc) is 2.50. The van der Waals surface area contributed by atoms with E-state index >= 15 is 0 Å². The Bertz CT molecular complexity index is 646. The second-order valence-electron chi connectivity index (χ2n) is 3.81. The molecule has 0 aliphatic carbocycles. The molecule has 0 radical (unpaired) electrons. The monoisotopic (exact) mass is 262 g/mol. The maximum atomic E-state index is 8.65. The second-order valence-corrected chi connectivity index (χ2v) is 3.81. The Morgan fingerprint density at radius 3 is 1.45 bits per heavy atom. The van der Waals surface area contributed by atoms with Gasteiger partial charge in [0, 0.05) is 15.4 Å². The van der Waals surface area contributed by atoms with Crippen molar-refractivity contribution in [1.29, 1.82) is 0 Å². The highest BCUT2D eigenvalue weighted by Crippen LogP contribution is 2.28. The van der Waals surface area contributed by atoms with Gasteiger partial charge < -0.3 is 0 Å². The van der Waals surface area contributed by atoms with Gasteiger partial charge in [0.25, 0.3) is 0 Å². The maximum absolute atomic E-state index is 8.65. The minimum atomic E-state index is 0.00685. The number of benzene rings is 2. The van der Waals surface area contributed by atoms with Crippen LogP contribution in [0.4, 0.5) is 0 Å². The van der Waals surface area contributed by atoms with Crippen LogP contribution in [0.1, 0.15) is 11.1 Å². The molecule has 2 aromatic rings. The van der Waals surface area contributed by atoms with Crippen molar-refractivity contribution in [2.24, 2.45) is 10.2 Å². The van der Waals surface area contributed by atoms with Crippen LogP contribution in [-0.4, -0.2) is 0 Å². The number of azide groups is 1. The van der Waals surface area contributed by atoms with Gasteiger partial charge in [-0.05, 0) is 22.2 Å². The van der Waals surface area contributed by atoms with E-state index in [0.717, 1.165) is 11.1 Å². The first kappa shape index (κ1) is 13.2. The van der Waals surface area contributed by atoms with E-state index in [1.54, 1.807) is 0 Å². The number of nitrogens with zero attached hydrogens (tertiary/aromatic N) is 6. The molecule has 2 aromatic carbocycles. The number of hydrogen-bond acceptors (Lipinski definition) is 2. The van der Waals surface area contributed by atoms with Crippen LogP contribution in [-0.2, 0) is 0 Å². The first-order valence-corrected chi connectivity index (χ1v) is 5.82. The van der Waals surface area contributed by atoms with Crippen molar-refractivity contribution in [1.82, 2.24) is 0 Å². The van der Waals surface area contributed by atoms with Gasteiger partial charge in [0.2, 0.25) is 0 Å². The van der Waals surface area contributed by atoms with Crippen molar-refractivity contribution >= 4 is 5.57 Å². The molecule has 0 aromatic heterocycles. The van der Waals surface area contributed by atoms with Gasteiger partial charge in [0.1, 0.15) is 5.82 Å². The zero-order valence-corrected chi connectivity index (χ0v) is 10.5. The maximum Gasteiger partial charge on any atom is 0.109 e. The SMILES string of the molecule is [N-]=[N+]=NC(N=[N+]=[N-])=C(c1ccccc1)c1ccccc1. The molecule has 2 rings (SSSR count). The summed E-state index contributed by atoms with van der Waals surface area (Å²) in [6.07, 6.45) is 0. The van der Waals surface area contributed by atoms with Crippen molar-refractivity contribution in [2.75, 3.05) is 0 Å². The van der Waals surface area contributed by atoms with Gasteiger partial charge in [-0.15, -0.1) is 0 Å². The second kappa shape index (κ2) is 6.66. The highest BCUT2D eigenvalue weighted by molar-refractivity contribution is 5.81. The summed E-state index contributed by atoms with van der Waals surface area (Å²) in [4.78, 5) is 5.46. The number of hydrogen-bond donors (Lipinski definition) is 0. The molecule has 0 fully saturated rings. The zero-order valence-electron chi connectivity index (χ0n) is 10.5. The molecule has 0 unspecified atom stereocenters. The Kier molecular flexibility index (Phi) is 4.41. The molecule has 6 heteroatoms. The summed E-state index contributed by atoms with van der Waals surface area (Å²) >= 11 is 0. The molecule has 0 bridgehead atoms. The topological polar surface area (TPSA) is 97.5 Å². The molecule has 0 spiro atoms. The lowest BCUT2D eigenvalue weighted by Gasteiger charge is -2.10. The summed E-state index contributed by atoms with van der Waals surface area (Å²) in [6, 6.07) is 18.7. The van der Waals surface area contributed by atoms with E-state index in [-0.39, 0.29) is 5.82 Å². The van der Waals surface area contributed by atoms with Crippen molar-refractivity contribution in [3.63, 3.8) is 0 Å². The molecule has 0 heterocycles. The van der Waals surface area contributed by atoms with Crippen LogP contribution in [0.2, 0.25) is 0 Å². The smallest absolute Gasteiger partial charge is 0.0622 e. The lowest BCUT2D eigenvalue weighted by molar-refractivity contribution is 1.19. The van der Waals surface area contributed by atoms with E-state index in [4.69, 9.17) is 11.1 Å². The fraction of sp³-hybridized carbons (Fsp3) is 0. The van der Waals surface area contributed by atoms with Crippen LogP contribution in [0.5, 0.6) is 0 Å². The van der Waals surface area contributed by atoms with Gasteiger partial charge in [0.05, 0.1) is 0 Å². The summed E-state index contributed by atoms with van der Waals surface area (Å²) in [6.45, 7) is 0. The molecule has 0 saturated carbocycles. The van der Waals surface area contributed by atoms with E-state index < -0.39 is 0 Å². The number of rotatable bonds is 4. The average molecular weight is 262 g/mol. The van der Waals surface area contributed by atoms with Gasteiger partial charge >= 0.3 is 0 Å². The third kappa shape index (κ3) is 2.97. The van der Waals surface area contributed by atoms with E-state index in [1.165, 1.54) is 0 Å². The molecule has 0 atom stereocenters. The van der Waals surface area contributed by atoms with Gasteiger partial charge in [-0.2, -0.15) is 0 Å². The van der Waals surface area contributed by atoms with Crippen LogP contribution in [0.25, 0.3) is 26.5 Å². The summed E-state index contributed by atoms with van der Waals surface area (Å²) in [5.41, 5.74) is 19.5. The highest BCUT2D eigenvalue weighted by atomic mass is 15.3. The molecular formula is C14H10N6. The molecule has 0 N–H and O–H groups in total. The van der Waals surface area contributed by atoms with Crippen molar-refractivity contribution in [3.8, 4) is 0 Å². The van der Waals surface area contributed by atoms with Crippen molar-refractivity contribution in [2.45, 2.75) is 0 Å². The van der Waals surface area contributed by atoms with Gasteiger partial charge in [-0.25, -0.2) is 0 Å². The van der Waals surface area contributed by atoms with Crippen LogP contribution >= 0.6 is 0 Å². The molecule has 0 amide bonds. The third-order valence-corrected chi connectivity index (χ3v) is 2.63. The Morgan fingerprint density at radius 1 is 0.700 bits per heavy atom. The predicted octanol–water partition coefficient (Wildman–Crippen LogP) is 5.02. The Labute approximate surface area is 115 Å².